The second-order valence-electron chi connectivity index (χ2n) is 6.45. The number of anilines is 3. The molecular formula is C21H19ClN2O2S. The zero-order valence-corrected chi connectivity index (χ0v) is 16.6. The van der Waals surface area contributed by atoms with Gasteiger partial charge in [0.25, 0.3) is 0 Å². The van der Waals surface area contributed by atoms with Crippen molar-refractivity contribution in [1.29, 1.82) is 0 Å². The van der Waals surface area contributed by atoms with E-state index in [-0.39, 0.29) is 6.09 Å². The summed E-state index contributed by atoms with van der Waals surface area (Å²) in [4.78, 5) is 15.1. The maximum absolute atomic E-state index is 12.5. The minimum Gasteiger partial charge on any atom is -0.432 e. The number of benzene rings is 2. The van der Waals surface area contributed by atoms with Crippen molar-refractivity contribution >= 4 is 46.1 Å². The second kappa shape index (κ2) is 6.91. The topological polar surface area (TPSA) is 41.6 Å². The standard InChI is InChI=1S/C21H19ClN2O2S/c1-3-21(19-8-5-11-27-19)17-13-16(23-15-7-4-6-14(22)12-15)9-10-18(17)24(2)20(25)26-21/h4-13,23H,3H2,1-2H3. The number of amides is 1. The van der Waals surface area contributed by atoms with Crippen molar-refractivity contribution in [2.45, 2.75) is 18.9 Å². The van der Waals surface area contributed by atoms with E-state index in [0.717, 1.165) is 27.5 Å². The fourth-order valence-corrected chi connectivity index (χ4v) is 4.60. The predicted octanol–water partition coefficient (Wildman–Crippen LogP) is 6.39. The van der Waals surface area contributed by atoms with Crippen LogP contribution in [-0.2, 0) is 10.3 Å². The summed E-state index contributed by atoms with van der Waals surface area (Å²) in [6.07, 6.45) is 0.314. The van der Waals surface area contributed by atoms with Crippen LogP contribution in [0.4, 0.5) is 21.9 Å². The number of rotatable bonds is 4. The maximum Gasteiger partial charge on any atom is 0.415 e. The SMILES string of the molecule is CCC1(c2cccs2)OC(=O)N(C)c2ccc(Nc3cccc(Cl)c3)cc21. The number of halogens is 1. The van der Waals surface area contributed by atoms with Crippen LogP contribution in [0.15, 0.2) is 60.0 Å². The van der Waals surface area contributed by atoms with Gasteiger partial charge in [-0.25, -0.2) is 4.79 Å². The first-order valence-electron chi connectivity index (χ1n) is 8.71. The number of fused-ring (bicyclic) bond motifs is 1. The van der Waals surface area contributed by atoms with Crippen molar-refractivity contribution in [1.82, 2.24) is 0 Å². The van der Waals surface area contributed by atoms with Crippen LogP contribution in [0.2, 0.25) is 5.02 Å². The van der Waals surface area contributed by atoms with Crippen molar-refractivity contribution in [2.24, 2.45) is 0 Å². The monoisotopic (exact) mass is 398 g/mol. The van der Waals surface area contributed by atoms with E-state index in [1.54, 1.807) is 23.3 Å². The zero-order chi connectivity index (χ0) is 19.0. The number of nitrogens with zero attached hydrogens (tertiary/aromatic N) is 1. The van der Waals surface area contributed by atoms with Gasteiger partial charge in [0.15, 0.2) is 5.60 Å². The molecule has 138 valence electrons. The highest BCUT2D eigenvalue weighted by Gasteiger charge is 2.45. The van der Waals surface area contributed by atoms with Crippen LogP contribution in [0, 0.1) is 0 Å². The number of hydrogen-bond donors (Lipinski definition) is 1. The smallest absolute Gasteiger partial charge is 0.415 e. The Hall–Kier alpha value is -2.50. The fourth-order valence-electron chi connectivity index (χ4n) is 3.46. The summed E-state index contributed by atoms with van der Waals surface area (Å²) < 4.78 is 5.98. The summed E-state index contributed by atoms with van der Waals surface area (Å²) in [5, 5.41) is 6.07. The number of carbonyl (C=O) groups is 1. The summed E-state index contributed by atoms with van der Waals surface area (Å²) in [6, 6.07) is 17.6. The molecule has 27 heavy (non-hydrogen) atoms. The molecule has 0 spiro atoms. The first kappa shape index (κ1) is 17.9. The van der Waals surface area contributed by atoms with Gasteiger partial charge in [-0.2, -0.15) is 0 Å². The minimum absolute atomic E-state index is 0.340. The molecule has 4 nitrogen and oxygen atoms in total. The highest BCUT2D eigenvalue weighted by atomic mass is 35.5. The third-order valence-electron chi connectivity index (χ3n) is 4.86. The van der Waals surface area contributed by atoms with Gasteiger partial charge >= 0.3 is 6.09 Å². The highest BCUT2D eigenvalue weighted by Crippen LogP contribution is 2.47. The molecule has 2 aromatic carbocycles. The molecule has 1 aromatic heterocycles. The molecule has 1 atom stereocenters. The van der Waals surface area contributed by atoms with Crippen LogP contribution in [0.5, 0.6) is 0 Å². The lowest BCUT2D eigenvalue weighted by atomic mass is 9.86. The van der Waals surface area contributed by atoms with Gasteiger partial charge in [0, 0.05) is 29.0 Å². The van der Waals surface area contributed by atoms with Crippen LogP contribution < -0.4 is 10.2 Å². The lowest BCUT2D eigenvalue weighted by Gasteiger charge is -2.40. The molecule has 0 aliphatic carbocycles. The Morgan fingerprint density at radius 3 is 2.67 bits per heavy atom. The van der Waals surface area contributed by atoms with Crippen molar-refractivity contribution < 1.29 is 9.53 Å². The van der Waals surface area contributed by atoms with Crippen LogP contribution in [-0.4, -0.2) is 13.1 Å². The van der Waals surface area contributed by atoms with Gasteiger partial charge in [-0.1, -0.05) is 30.7 Å². The second-order valence-corrected chi connectivity index (χ2v) is 7.84. The van der Waals surface area contributed by atoms with E-state index in [2.05, 4.69) is 11.4 Å². The molecule has 4 rings (SSSR count). The normalized spacial score (nSPS) is 18.8. The molecule has 0 bridgehead atoms. The molecule has 1 amide bonds. The lowest BCUT2D eigenvalue weighted by molar-refractivity contribution is 0.0380. The van der Waals surface area contributed by atoms with E-state index in [0.29, 0.717) is 11.4 Å². The molecule has 1 aliphatic rings. The maximum atomic E-state index is 12.5. The van der Waals surface area contributed by atoms with Crippen LogP contribution >= 0.6 is 22.9 Å². The summed E-state index contributed by atoms with van der Waals surface area (Å²) in [6.45, 7) is 2.04. The molecule has 6 heteroatoms. The van der Waals surface area contributed by atoms with E-state index >= 15 is 0 Å². The Bertz CT molecular complexity index is 990. The Morgan fingerprint density at radius 2 is 1.96 bits per heavy atom. The number of carbonyl (C=O) groups excluding carboxylic acids is 1. The summed E-state index contributed by atoms with van der Waals surface area (Å²) in [5.74, 6) is 0. The van der Waals surface area contributed by atoms with Crippen molar-refractivity contribution in [3.63, 3.8) is 0 Å². The van der Waals surface area contributed by atoms with Crippen LogP contribution in [0.3, 0.4) is 0 Å². The quantitative estimate of drug-likeness (QED) is 0.554. The summed E-state index contributed by atoms with van der Waals surface area (Å²) >= 11 is 7.69. The number of cyclic esters (lactones) is 1. The molecule has 2 heterocycles. The lowest BCUT2D eigenvalue weighted by Crippen LogP contribution is -2.44. The van der Waals surface area contributed by atoms with Crippen LogP contribution in [0.1, 0.15) is 23.8 Å². The summed E-state index contributed by atoms with van der Waals surface area (Å²) in [7, 11) is 1.74. The Balaban J connectivity index is 1.83. The van der Waals surface area contributed by atoms with Gasteiger partial charge in [0.05, 0.1) is 10.6 Å². The molecule has 0 fully saturated rings. The number of hydrogen-bond acceptors (Lipinski definition) is 4. The average molecular weight is 399 g/mol. The Kier molecular flexibility index (Phi) is 4.58. The largest absolute Gasteiger partial charge is 0.432 e. The van der Waals surface area contributed by atoms with E-state index in [9.17, 15) is 4.79 Å². The molecule has 1 N–H and O–H groups in total. The van der Waals surface area contributed by atoms with E-state index in [1.807, 2.05) is 60.8 Å². The number of thiophene rings is 1. The van der Waals surface area contributed by atoms with Crippen molar-refractivity contribution in [2.75, 3.05) is 17.3 Å². The Labute approximate surface area is 167 Å². The zero-order valence-electron chi connectivity index (χ0n) is 15.0. The molecule has 1 unspecified atom stereocenters. The molecule has 0 radical (unpaired) electrons. The van der Waals surface area contributed by atoms with Gasteiger partial charge in [0.2, 0.25) is 0 Å². The number of nitrogens with one attached hydrogen (secondary N) is 1. The Morgan fingerprint density at radius 1 is 1.15 bits per heavy atom. The molecule has 3 aromatic rings. The molecule has 0 saturated carbocycles. The van der Waals surface area contributed by atoms with Crippen molar-refractivity contribution in [3.05, 3.63) is 75.4 Å². The van der Waals surface area contributed by atoms with Gasteiger partial charge < -0.3 is 10.1 Å². The fraction of sp³-hybridized carbons (Fsp3) is 0.190. The average Bonchev–Trinajstić information content (AvgIpc) is 3.20. The van der Waals surface area contributed by atoms with Crippen LogP contribution in [0.25, 0.3) is 0 Å². The number of ether oxygens (including phenoxy) is 1. The molecule has 1 aliphatic heterocycles. The third kappa shape index (κ3) is 3.07. The highest BCUT2D eigenvalue weighted by molar-refractivity contribution is 7.10. The minimum atomic E-state index is -0.779. The van der Waals surface area contributed by atoms with Crippen molar-refractivity contribution in [3.8, 4) is 0 Å². The van der Waals surface area contributed by atoms with Gasteiger partial charge in [0.1, 0.15) is 0 Å². The van der Waals surface area contributed by atoms with Gasteiger partial charge in [-0.15, -0.1) is 11.3 Å². The first-order valence-corrected chi connectivity index (χ1v) is 9.97. The van der Waals surface area contributed by atoms with Gasteiger partial charge in [-0.05, 0) is 54.3 Å². The molecule has 0 saturated heterocycles. The van der Waals surface area contributed by atoms with E-state index < -0.39 is 5.60 Å². The van der Waals surface area contributed by atoms with Gasteiger partial charge in [-0.3, -0.25) is 4.90 Å². The first-order chi connectivity index (χ1) is 13.0. The van der Waals surface area contributed by atoms with E-state index in [1.165, 1.54) is 0 Å². The summed E-state index contributed by atoms with van der Waals surface area (Å²) in [5.41, 5.74) is 2.87. The third-order valence-corrected chi connectivity index (χ3v) is 6.11. The molecular weight excluding hydrogens is 380 g/mol. The predicted molar refractivity (Wildman–Crippen MR) is 111 cm³/mol. The van der Waals surface area contributed by atoms with E-state index in [4.69, 9.17) is 16.3 Å².